The lowest BCUT2D eigenvalue weighted by Crippen LogP contribution is -2.12. The molecule has 2 heterocycles. The van der Waals surface area contributed by atoms with E-state index in [1.54, 1.807) is 29.1 Å². The van der Waals surface area contributed by atoms with Crippen molar-refractivity contribution in [2.45, 2.75) is 18.2 Å². The second-order valence-corrected chi connectivity index (χ2v) is 6.52. The van der Waals surface area contributed by atoms with Gasteiger partial charge in [-0.3, -0.25) is 9.48 Å². The fraction of sp³-hybridized carbons (Fsp3) is 0.235. The van der Waals surface area contributed by atoms with Crippen molar-refractivity contribution in [2.24, 2.45) is 7.05 Å². The van der Waals surface area contributed by atoms with Crippen molar-refractivity contribution in [2.75, 3.05) is 11.1 Å². The number of anilines is 1. The number of nitrogens with zero attached hydrogens (tertiary/aromatic N) is 3. The Morgan fingerprint density at radius 1 is 1.38 bits per heavy atom. The molecule has 0 spiro atoms. The molecule has 0 fully saturated rings. The van der Waals surface area contributed by atoms with Gasteiger partial charge in [0.1, 0.15) is 5.82 Å². The molecular formula is C17H17FN4OS. The Balaban J connectivity index is 1.59. The quantitative estimate of drug-likeness (QED) is 0.719. The first-order valence-corrected chi connectivity index (χ1v) is 8.49. The monoisotopic (exact) mass is 344 g/mol. The Morgan fingerprint density at radius 2 is 2.17 bits per heavy atom. The Kier molecular flexibility index (Phi) is 4.80. The van der Waals surface area contributed by atoms with Gasteiger partial charge in [0.15, 0.2) is 5.65 Å². The fourth-order valence-electron chi connectivity index (χ4n) is 2.42. The van der Waals surface area contributed by atoms with Crippen LogP contribution < -0.4 is 5.32 Å². The molecule has 0 aliphatic rings. The van der Waals surface area contributed by atoms with Gasteiger partial charge in [-0.05, 0) is 25.1 Å². The largest absolute Gasteiger partial charge is 0.325 e. The Labute approximate surface area is 143 Å². The maximum atomic E-state index is 13.5. The van der Waals surface area contributed by atoms with Crippen LogP contribution in [-0.4, -0.2) is 26.4 Å². The number of hydrogen-bond donors (Lipinski definition) is 1. The van der Waals surface area contributed by atoms with Crippen LogP contribution in [0.25, 0.3) is 11.0 Å². The molecule has 1 N–H and O–H groups in total. The van der Waals surface area contributed by atoms with Crippen LogP contribution in [0.4, 0.5) is 10.1 Å². The summed E-state index contributed by atoms with van der Waals surface area (Å²) in [6.45, 7) is 1.90. The molecule has 0 radical (unpaired) electrons. The van der Waals surface area contributed by atoms with E-state index in [1.807, 2.05) is 20.0 Å². The van der Waals surface area contributed by atoms with Gasteiger partial charge in [0.2, 0.25) is 5.91 Å². The SMILES string of the molecule is Cc1nn(C)c2ncc(NC(=O)CCSc3ccccc3F)cc12. The predicted molar refractivity (Wildman–Crippen MR) is 93.6 cm³/mol. The highest BCUT2D eigenvalue weighted by Gasteiger charge is 2.09. The third kappa shape index (κ3) is 3.56. The molecule has 0 atom stereocenters. The van der Waals surface area contributed by atoms with Crippen molar-refractivity contribution in [3.05, 3.63) is 48.0 Å². The summed E-state index contributed by atoms with van der Waals surface area (Å²) in [5, 5.41) is 8.04. The van der Waals surface area contributed by atoms with Gasteiger partial charge in [0.25, 0.3) is 0 Å². The van der Waals surface area contributed by atoms with Gasteiger partial charge in [0, 0.05) is 29.5 Å². The number of benzene rings is 1. The van der Waals surface area contributed by atoms with E-state index in [9.17, 15) is 9.18 Å². The van der Waals surface area contributed by atoms with Crippen LogP contribution in [-0.2, 0) is 11.8 Å². The number of carbonyl (C=O) groups excluding carboxylic acids is 1. The van der Waals surface area contributed by atoms with E-state index >= 15 is 0 Å². The highest BCUT2D eigenvalue weighted by molar-refractivity contribution is 7.99. The zero-order chi connectivity index (χ0) is 17.1. The molecule has 0 saturated carbocycles. The summed E-state index contributed by atoms with van der Waals surface area (Å²) in [5.74, 6) is 0.125. The average molecular weight is 344 g/mol. The zero-order valence-electron chi connectivity index (χ0n) is 13.4. The van der Waals surface area contributed by atoms with Crippen molar-refractivity contribution < 1.29 is 9.18 Å². The van der Waals surface area contributed by atoms with E-state index in [0.29, 0.717) is 22.8 Å². The molecule has 0 saturated heterocycles. The second-order valence-electron chi connectivity index (χ2n) is 5.38. The number of aromatic nitrogens is 3. The summed E-state index contributed by atoms with van der Waals surface area (Å²) in [6.07, 6.45) is 1.91. The molecule has 0 unspecified atom stereocenters. The van der Waals surface area contributed by atoms with Gasteiger partial charge in [-0.2, -0.15) is 5.10 Å². The molecule has 1 aromatic carbocycles. The third-order valence-corrected chi connectivity index (χ3v) is 4.62. The molecule has 0 bridgehead atoms. The van der Waals surface area contributed by atoms with Crippen LogP contribution in [0, 0.1) is 12.7 Å². The summed E-state index contributed by atoms with van der Waals surface area (Å²) in [5.41, 5.74) is 2.28. The van der Waals surface area contributed by atoms with Gasteiger partial charge in [-0.15, -0.1) is 11.8 Å². The number of pyridine rings is 1. The zero-order valence-corrected chi connectivity index (χ0v) is 14.2. The maximum absolute atomic E-state index is 13.5. The predicted octanol–water partition coefficient (Wildman–Crippen LogP) is 3.54. The molecule has 1 amide bonds. The minimum absolute atomic E-state index is 0.124. The lowest BCUT2D eigenvalue weighted by Gasteiger charge is -2.06. The number of hydrogen-bond acceptors (Lipinski definition) is 4. The van der Waals surface area contributed by atoms with Crippen LogP contribution in [0.3, 0.4) is 0 Å². The molecule has 0 aliphatic carbocycles. The Hall–Kier alpha value is -2.41. The first kappa shape index (κ1) is 16.4. The minimum Gasteiger partial charge on any atom is -0.325 e. The van der Waals surface area contributed by atoms with Gasteiger partial charge in [-0.25, -0.2) is 9.37 Å². The topological polar surface area (TPSA) is 59.8 Å². The molecule has 0 aliphatic heterocycles. The molecule has 3 rings (SSSR count). The van der Waals surface area contributed by atoms with E-state index in [0.717, 1.165) is 16.7 Å². The van der Waals surface area contributed by atoms with Crippen molar-refractivity contribution in [1.82, 2.24) is 14.8 Å². The second kappa shape index (κ2) is 7.00. The van der Waals surface area contributed by atoms with Gasteiger partial charge in [0.05, 0.1) is 17.6 Å². The van der Waals surface area contributed by atoms with Crippen LogP contribution in [0.1, 0.15) is 12.1 Å². The molecule has 24 heavy (non-hydrogen) atoms. The highest BCUT2D eigenvalue weighted by Crippen LogP contribution is 2.22. The average Bonchev–Trinajstić information content (AvgIpc) is 2.83. The molecule has 3 aromatic rings. The number of carbonyl (C=O) groups is 1. The first-order valence-electron chi connectivity index (χ1n) is 7.51. The molecular weight excluding hydrogens is 327 g/mol. The summed E-state index contributed by atoms with van der Waals surface area (Å²) < 4.78 is 15.2. The summed E-state index contributed by atoms with van der Waals surface area (Å²) in [4.78, 5) is 16.9. The van der Waals surface area contributed by atoms with Crippen LogP contribution in [0.15, 0.2) is 41.4 Å². The highest BCUT2D eigenvalue weighted by atomic mass is 32.2. The number of halogens is 1. The van der Waals surface area contributed by atoms with Crippen molar-refractivity contribution >= 4 is 34.4 Å². The van der Waals surface area contributed by atoms with Gasteiger partial charge >= 0.3 is 0 Å². The summed E-state index contributed by atoms with van der Waals surface area (Å²) >= 11 is 1.33. The van der Waals surface area contributed by atoms with Gasteiger partial charge in [-0.1, -0.05) is 12.1 Å². The molecule has 5 nitrogen and oxygen atoms in total. The third-order valence-electron chi connectivity index (χ3n) is 3.57. The van der Waals surface area contributed by atoms with E-state index in [1.165, 1.54) is 17.8 Å². The Bertz CT molecular complexity index is 893. The number of rotatable bonds is 5. The Morgan fingerprint density at radius 3 is 2.96 bits per heavy atom. The van der Waals surface area contributed by atoms with Crippen LogP contribution >= 0.6 is 11.8 Å². The molecule has 2 aromatic heterocycles. The molecule has 124 valence electrons. The van der Waals surface area contributed by atoms with Crippen molar-refractivity contribution in [3.8, 4) is 0 Å². The van der Waals surface area contributed by atoms with Crippen molar-refractivity contribution in [1.29, 1.82) is 0 Å². The fourth-order valence-corrected chi connectivity index (χ4v) is 3.30. The van der Waals surface area contributed by atoms with E-state index < -0.39 is 0 Å². The summed E-state index contributed by atoms with van der Waals surface area (Å²) in [7, 11) is 1.83. The van der Waals surface area contributed by atoms with Crippen LogP contribution in [0.2, 0.25) is 0 Å². The number of fused-ring (bicyclic) bond motifs is 1. The number of thioether (sulfide) groups is 1. The lowest BCUT2D eigenvalue weighted by atomic mass is 10.2. The minimum atomic E-state index is -0.260. The number of nitrogens with one attached hydrogen (secondary N) is 1. The first-order chi connectivity index (χ1) is 11.5. The smallest absolute Gasteiger partial charge is 0.225 e. The van der Waals surface area contributed by atoms with E-state index in [4.69, 9.17) is 0 Å². The standard InChI is InChI=1S/C17H17FN4OS/c1-11-13-9-12(10-19-17(13)22(2)21-11)20-16(23)7-8-24-15-6-4-3-5-14(15)18/h3-6,9-10H,7-8H2,1-2H3,(H,20,23). The maximum Gasteiger partial charge on any atom is 0.225 e. The number of amides is 1. The summed E-state index contributed by atoms with van der Waals surface area (Å²) in [6, 6.07) is 8.42. The number of aryl methyl sites for hydroxylation is 2. The van der Waals surface area contributed by atoms with E-state index in [2.05, 4.69) is 15.4 Å². The lowest BCUT2D eigenvalue weighted by molar-refractivity contribution is -0.115. The van der Waals surface area contributed by atoms with Crippen molar-refractivity contribution in [3.63, 3.8) is 0 Å². The molecule has 7 heteroatoms. The normalized spacial score (nSPS) is 11.0. The van der Waals surface area contributed by atoms with Crippen LogP contribution in [0.5, 0.6) is 0 Å². The van der Waals surface area contributed by atoms with E-state index in [-0.39, 0.29) is 11.7 Å². The van der Waals surface area contributed by atoms with Gasteiger partial charge < -0.3 is 5.32 Å².